The second kappa shape index (κ2) is 11.6. The van der Waals surface area contributed by atoms with E-state index in [1.807, 2.05) is 40.7 Å². The molecule has 0 radical (unpaired) electrons. The number of amides is 1. The molecule has 6 nitrogen and oxygen atoms in total. The summed E-state index contributed by atoms with van der Waals surface area (Å²) < 4.78 is 17.6. The Balaban J connectivity index is 2.23. The van der Waals surface area contributed by atoms with Crippen molar-refractivity contribution in [2.24, 2.45) is 23.7 Å². The molecule has 2 rings (SSSR count). The molecule has 0 aromatic heterocycles. The fourth-order valence-corrected chi connectivity index (χ4v) is 4.83. The first kappa shape index (κ1) is 27.5. The number of halogens is 1. The molecule has 1 aliphatic rings. The van der Waals surface area contributed by atoms with Gasteiger partial charge in [-0.2, -0.15) is 0 Å². The van der Waals surface area contributed by atoms with Crippen molar-refractivity contribution in [2.75, 3.05) is 7.11 Å². The molecule has 0 spiro atoms. The third-order valence-corrected chi connectivity index (χ3v) is 6.85. The lowest BCUT2D eigenvalue weighted by Gasteiger charge is -2.31. The molecule has 1 heterocycles. The van der Waals surface area contributed by atoms with Gasteiger partial charge in [-0.25, -0.2) is 4.79 Å². The second-order valence-electron chi connectivity index (χ2n) is 10.7. The largest absolute Gasteiger partial charge is 0.496 e. The van der Waals surface area contributed by atoms with E-state index in [1.54, 1.807) is 7.11 Å². The molecular formula is C26H40BrNO5. The molecular weight excluding hydrogens is 486 g/mol. The van der Waals surface area contributed by atoms with Gasteiger partial charge in [0.25, 0.3) is 0 Å². The van der Waals surface area contributed by atoms with E-state index in [9.17, 15) is 9.59 Å². The van der Waals surface area contributed by atoms with E-state index in [-0.39, 0.29) is 35.9 Å². The lowest BCUT2D eigenvalue weighted by molar-refractivity contribution is -0.146. The number of rotatable bonds is 9. The monoisotopic (exact) mass is 525 g/mol. The first-order valence-corrected chi connectivity index (χ1v) is 12.6. The van der Waals surface area contributed by atoms with E-state index in [1.165, 1.54) is 5.56 Å². The van der Waals surface area contributed by atoms with Crippen molar-refractivity contribution in [1.29, 1.82) is 0 Å². The molecule has 7 heteroatoms. The van der Waals surface area contributed by atoms with Gasteiger partial charge in [0.2, 0.25) is 0 Å². The molecule has 1 fully saturated rings. The maximum atomic E-state index is 12.7. The van der Waals surface area contributed by atoms with Crippen LogP contribution >= 0.6 is 15.9 Å². The fraction of sp³-hybridized carbons (Fsp3) is 0.692. The van der Waals surface area contributed by atoms with E-state index in [4.69, 9.17) is 14.2 Å². The zero-order chi connectivity index (χ0) is 24.9. The van der Waals surface area contributed by atoms with Crippen molar-refractivity contribution in [3.8, 4) is 5.75 Å². The Morgan fingerprint density at radius 3 is 2.39 bits per heavy atom. The highest BCUT2D eigenvalue weighted by Crippen LogP contribution is 2.34. The molecule has 0 aliphatic carbocycles. The molecule has 1 aliphatic heterocycles. The summed E-state index contributed by atoms with van der Waals surface area (Å²) in [5, 5.41) is 3.03. The topological polar surface area (TPSA) is 73.9 Å². The Kier molecular flexibility index (Phi) is 9.65. The van der Waals surface area contributed by atoms with E-state index >= 15 is 0 Å². The van der Waals surface area contributed by atoms with Gasteiger partial charge in [0.05, 0.1) is 23.5 Å². The van der Waals surface area contributed by atoms with Crippen molar-refractivity contribution in [2.45, 2.75) is 85.5 Å². The van der Waals surface area contributed by atoms with Crippen LogP contribution in [0.3, 0.4) is 0 Å². The van der Waals surface area contributed by atoms with Gasteiger partial charge < -0.3 is 19.5 Å². The van der Waals surface area contributed by atoms with Gasteiger partial charge in [0.1, 0.15) is 17.5 Å². The molecule has 1 aromatic carbocycles. The second-order valence-corrected chi connectivity index (χ2v) is 11.6. The Morgan fingerprint density at radius 1 is 1.24 bits per heavy atom. The summed E-state index contributed by atoms with van der Waals surface area (Å²) in [6, 6.07) is 5.79. The average Bonchev–Trinajstić information content (AvgIpc) is 3.07. The Labute approximate surface area is 207 Å². The van der Waals surface area contributed by atoms with Gasteiger partial charge in [0.15, 0.2) is 0 Å². The highest BCUT2D eigenvalue weighted by atomic mass is 79.9. The zero-order valence-electron chi connectivity index (χ0n) is 21.2. The minimum atomic E-state index is -0.603. The maximum absolute atomic E-state index is 12.7. The molecule has 186 valence electrons. The number of ether oxygens (including phenoxy) is 3. The SMILES string of the molecule is COc1ccc(C[C@@H](C[C@H](NC(=O)OC(C)(C)C)[C@@H]2C[C@@H](C(C)C)C(=O)O2)C(C)C)cc1Br. The van der Waals surface area contributed by atoms with Gasteiger partial charge in [-0.3, -0.25) is 4.79 Å². The van der Waals surface area contributed by atoms with Crippen molar-refractivity contribution in [3.63, 3.8) is 0 Å². The Bertz CT molecular complexity index is 817. The van der Waals surface area contributed by atoms with Crippen molar-refractivity contribution in [3.05, 3.63) is 28.2 Å². The zero-order valence-corrected chi connectivity index (χ0v) is 22.8. The number of carbonyl (C=O) groups excluding carboxylic acids is 2. The smallest absolute Gasteiger partial charge is 0.408 e. The van der Waals surface area contributed by atoms with Crippen LogP contribution in [0.2, 0.25) is 0 Å². The number of alkyl carbamates (subject to hydrolysis) is 1. The van der Waals surface area contributed by atoms with Gasteiger partial charge in [-0.05, 0) is 91.4 Å². The fourth-order valence-electron chi connectivity index (χ4n) is 4.24. The summed E-state index contributed by atoms with van der Waals surface area (Å²) in [6.07, 6.45) is 1.28. The van der Waals surface area contributed by atoms with E-state index in [2.05, 4.69) is 47.2 Å². The van der Waals surface area contributed by atoms with Crippen molar-refractivity contribution >= 4 is 28.0 Å². The van der Waals surface area contributed by atoms with Gasteiger partial charge in [-0.15, -0.1) is 0 Å². The number of nitrogens with one attached hydrogen (secondary N) is 1. The van der Waals surface area contributed by atoms with Crippen LogP contribution in [0.25, 0.3) is 0 Å². The van der Waals surface area contributed by atoms with Gasteiger partial charge in [-0.1, -0.05) is 33.8 Å². The summed E-state index contributed by atoms with van der Waals surface area (Å²) in [4.78, 5) is 25.1. The van der Waals surface area contributed by atoms with Crippen LogP contribution in [-0.4, -0.2) is 36.9 Å². The number of cyclic esters (lactones) is 1. The van der Waals surface area contributed by atoms with Crippen LogP contribution in [0.4, 0.5) is 4.79 Å². The van der Waals surface area contributed by atoms with Gasteiger partial charge >= 0.3 is 12.1 Å². The number of esters is 1. The van der Waals surface area contributed by atoms with Crippen LogP contribution in [-0.2, 0) is 20.7 Å². The van der Waals surface area contributed by atoms with Crippen LogP contribution in [0.5, 0.6) is 5.75 Å². The predicted molar refractivity (Wildman–Crippen MR) is 133 cm³/mol. The standard InChI is InChI=1S/C26H40BrNO5/c1-15(2)18(11-17-9-10-22(31-8)20(27)12-17)13-21(28-25(30)33-26(5,6)7)23-14-19(16(3)4)24(29)32-23/h9-10,12,15-16,18-19,21,23H,11,13-14H2,1-8H3,(H,28,30)/t18-,19-,21-,23-/m0/s1. The molecule has 0 unspecified atom stereocenters. The summed E-state index contributed by atoms with van der Waals surface area (Å²) in [5.74, 6) is 1.30. The third-order valence-electron chi connectivity index (χ3n) is 6.23. The lowest BCUT2D eigenvalue weighted by atomic mass is 9.81. The van der Waals surface area contributed by atoms with E-state index in [0.717, 1.165) is 16.6 Å². The molecule has 1 amide bonds. The molecule has 1 N–H and O–H groups in total. The number of hydrogen-bond acceptors (Lipinski definition) is 5. The van der Waals surface area contributed by atoms with Crippen LogP contribution in [0, 0.1) is 23.7 Å². The minimum absolute atomic E-state index is 0.145. The number of hydrogen-bond donors (Lipinski definition) is 1. The lowest BCUT2D eigenvalue weighted by Crippen LogP contribution is -2.47. The molecule has 1 saturated heterocycles. The summed E-state index contributed by atoms with van der Waals surface area (Å²) in [7, 11) is 1.65. The van der Waals surface area contributed by atoms with Gasteiger partial charge in [0, 0.05) is 0 Å². The van der Waals surface area contributed by atoms with Crippen molar-refractivity contribution < 1.29 is 23.8 Å². The minimum Gasteiger partial charge on any atom is -0.496 e. The van der Waals surface area contributed by atoms with Crippen LogP contribution in [0.1, 0.15) is 66.9 Å². The molecule has 1 aromatic rings. The van der Waals surface area contributed by atoms with Crippen LogP contribution in [0.15, 0.2) is 22.7 Å². The Hall–Kier alpha value is -1.76. The molecule has 0 bridgehead atoms. The molecule has 33 heavy (non-hydrogen) atoms. The average molecular weight is 527 g/mol. The quantitative estimate of drug-likeness (QED) is 0.391. The maximum Gasteiger partial charge on any atom is 0.408 e. The summed E-state index contributed by atoms with van der Waals surface area (Å²) in [6.45, 7) is 13.9. The highest BCUT2D eigenvalue weighted by Gasteiger charge is 2.42. The molecule has 4 atom stereocenters. The Morgan fingerprint density at radius 2 is 1.91 bits per heavy atom. The first-order valence-electron chi connectivity index (χ1n) is 11.8. The van der Waals surface area contributed by atoms with E-state index in [0.29, 0.717) is 18.8 Å². The van der Waals surface area contributed by atoms with Crippen LogP contribution < -0.4 is 10.1 Å². The highest BCUT2D eigenvalue weighted by molar-refractivity contribution is 9.10. The number of benzene rings is 1. The normalized spacial score (nSPS) is 20.5. The first-order chi connectivity index (χ1) is 15.3. The molecule has 0 saturated carbocycles. The summed E-state index contributed by atoms with van der Waals surface area (Å²) in [5.41, 5.74) is 0.578. The number of methoxy groups -OCH3 is 1. The number of carbonyl (C=O) groups is 2. The van der Waals surface area contributed by atoms with E-state index < -0.39 is 11.7 Å². The summed E-state index contributed by atoms with van der Waals surface area (Å²) >= 11 is 3.57. The van der Waals surface area contributed by atoms with Crippen molar-refractivity contribution in [1.82, 2.24) is 5.32 Å². The predicted octanol–water partition coefficient (Wildman–Crippen LogP) is 6.14. The third kappa shape index (κ3) is 8.20.